The van der Waals surface area contributed by atoms with Crippen LogP contribution in [0.1, 0.15) is 49.0 Å². The standard InChI is InChI=1S/C16H25N3O/c1-12-4-3-5-13(2)19(12)18-16(20)15-8-6-14(7-9-15)10-11-17/h6-9,12-13H,3-5,10-11,17H2,1-2H3,(H,18,20). The van der Waals surface area contributed by atoms with E-state index in [0.717, 1.165) is 19.3 Å². The molecule has 20 heavy (non-hydrogen) atoms. The third-order valence-corrected chi connectivity index (χ3v) is 4.07. The zero-order chi connectivity index (χ0) is 14.5. The van der Waals surface area contributed by atoms with Gasteiger partial charge in [-0.15, -0.1) is 0 Å². The highest BCUT2D eigenvalue weighted by Gasteiger charge is 2.26. The molecule has 3 N–H and O–H groups in total. The lowest BCUT2D eigenvalue weighted by molar-refractivity contribution is 0.0370. The zero-order valence-corrected chi connectivity index (χ0v) is 12.4. The fourth-order valence-corrected chi connectivity index (χ4v) is 2.81. The largest absolute Gasteiger partial charge is 0.330 e. The number of piperidine rings is 1. The minimum atomic E-state index is -0.0232. The molecule has 4 heteroatoms. The second kappa shape index (κ2) is 6.86. The molecule has 110 valence electrons. The minimum absolute atomic E-state index is 0.0232. The molecule has 2 unspecified atom stereocenters. The van der Waals surface area contributed by atoms with Crippen LogP contribution in [0, 0.1) is 0 Å². The Labute approximate surface area is 121 Å². The Morgan fingerprint density at radius 2 is 1.85 bits per heavy atom. The molecule has 0 spiro atoms. The maximum absolute atomic E-state index is 12.3. The van der Waals surface area contributed by atoms with Crippen molar-refractivity contribution in [3.63, 3.8) is 0 Å². The van der Waals surface area contributed by atoms with Gasteiger partial charge in [-0.2, -0.15) is 0 Å². The van der Waals surface area contributed by atoms with Gasteiger partial charge in [-0.3, -0.25) is 10.2 Å². The summed E-state index contributed by atoms with van der Waals surface area (Å²) in [6.07, 6.45) is 4.37. The monoisotopic (exact) mass is 275 g/mol. The van der Waals surface area contributed by atoms with Crippen molar-refractivity contribution in [3.05, 3.63) is 35.4 Å². The van der Waals surface area contributed by atoms with Crippen LogP contribution in [0.3, 0.4) is 0 Å². The summed E-state index contributed by atoms with van der Waals surface area (Å²) < 4.78 is 0. The first-order valence-corrected chi connectivity index (χ1v) is 7.50. The van der Waals surface area contributed by atoms with E-state index < -0.39 is 0 Å². The molecule has 1 aliphatic heterocycles. The van der Waals surface area contributed by atoms with Gasteiger partial charge in [-0.1, -0.05) is 18.6 Å². The Hall–Kier alpha value is -1.39. The molecule has 1 aromatic rings. The third-order valence-electron chi connectivity index (χ3n) is 4.07. The molecule has 1 aliphatic rings. The van der Waals surface area contributed by atoms with E-state index in [2.05, 4.69) is 24.3 Å². The third kappa shape index (κ3) is 3.58. The highest BCUT2D eigenvalue weighted by Crippen LogP contribution is 2.20. The molecule has 0 aliphatic carbocycles. The summed E-state index contributed by atoms with van der Waals surface area (Å²) in [7, 11) is 0. The SMILES string of the molecule is CC1CCCC(C)N1NC(=O)c1ccc(CCN)cc1. The number of nitrogens with zero attached hydrogens (tertiary/aromatic N) is 1. The van der Waals surface area contributed by atoms with E-state index in [4.69, 9.17) is 5.73 Å². The molecule has 0 radical (unpaired) electrons. The number of nitrogens with two attached hydrogens (primary N) is 1. The Morgan fingerprint density at radius 1 is 1.25 bits per heavy atom. The molecule has 2 atom stereocenters. The van der Waals surface area contributed by atoms with Crippen LogP contribution in [0.2, 0.25) is 0 Å². The average Bonchev–Trinajstić information content (AvgIpc) is 2.44. The lowest BCUT2D eigenvalue weighted by atomic mass is 10.00. The molecule has 1 fully saturated rings. The number of hydrogen-bond acceptors (Lipinski definition) is 3. The fourth-order valence-electron chi connectivity index (χ4n) is 2.81. The van der Waals surface area contributed by atoms with Crippen LogP contribution in [0.15, 0.2) is 24.3 Å². The summed E-state index contributed by atoms with van der Waals surface area (Å²) in [5, 5.41) is 2.10. The van der Waals surface area contributed by atoms with Gasteiger partial charge in [0.25, 0.3) is 5.91 Å². The molecule has 0 saturated carbocycles. The number of carbonyl (C=O) groups is 1. The quantitative estimate of drug-likeness (QED) is 0.884. The fraction of sp³-hybridized carbons (Fsp3) is 0.562. The molecular weight excluding hydrogens is 250 g/mol. The number of hydrazine groups is 1. The minimum Gasteiger partial charge on any atom is -0.330 e. The van der Waals surface area contributed by atoms with Gasteiger partial charge in [0, 0.05) is 17.6 Å². The van der Waals surface area contributed by atoms with Crippen molar-refractivity contribution in [1.82, 2.24) is 10.4 Å². The van der Waals surface area contributed by atoms with Crippen LogP contribution >= 0.6 is 0 Å². The van der Waals surface area contributed by atoms with Crippen molar-refractivity contribution in [2.24, 2.45) is 5.73 Å². The van der Waals surface area contributed by atoms with Crippen molar-refractivity contribution in [2.75, 3.05) is 6.54 Å². The summed E-state index contributed by atoms with van der Waals surface area (Å²) >= 11 is 0. The molecule has 1 heterocycles. The van der Waals surface area contributed by atoms with E-state index in [-0.39, 0.29) is 5.91 Å². The molecule has 1 amide bonds. The smallest absolute Gasteiger partial charge is 0.265 e. The first-order chi connectivity index (χ1) is 9.61. The number of amides is 1. The van der Waals surface area contributed by atoms with Gasteiger partial charge in [0.15, 0.2) is 0 Å². The summed E-state index contributed by atoms with van der Waals surface area (Å²) in [5.74, 6) is -0.0232. The molecule has 4 nitrogen and oxygen atoms in total. The van der Waals surface area contributed by atoms with Gasteiger partial charge in [0.05, 0.1) is 0 Å². The maximum Gasteiger partial charge on any atom is 0.265 e. The Balaban J connectivity index is 2.00. The Kier molecular flexibility index (Phi) is 5.15. The van der Waals surface area contributed by atoms with Gasteiger partial charge in [0.2, 0.25) is 0 Å². The van der Waals surface area contributed by atoms with Gasteiger partial charge >= 0.3 is 0 Å². The lowest BCUT2D eigenvalue weighted by Gasteiger charge is -2.38. The number of rotatable bonds is 4. The second-order valence-corrected chi connectivity index (χ2v) is 5.71. The van der Waals surface area contributed by atoms with Gasteiger partial charge < -0.3 is 5.73 Å². The highest BCUT2D eigenvalue weighted by atomic mass is 16.2. The maximum atomic E-state index is 12.3. The average molecular weight is 275 g/mol. The van der Waals surface area contributed by atoms with Gasteiger partial charge in [-0.25, -0.2) is 5.01 Å². The Morgan fingerprint density at radius 3 is 2.40 bits per heavy atom. The molecule has 0 aromatic heterocycles. The van der Waals surface area contributed by atoms with Crippen molar-refractivity contribution >= 4 is 5.91 Å². The van der Waals surface area contributed by atoms with Crippen LogP contribution in [0.5, 0.6) is 0 Å². The molecule has 0 bridgehead atoms. The van der Waals surface area contributed by atoms with Crippen LogP contribution in [0.25, 0.3) is 0 Å². The summed E-state index contributed by atoms with van der Waals surface area (Å²) in [4.78, 5) is 12.3. The van der Waals surface area contributed by atoms with E-state index in [9.17, 15) is 4.79 Å². The summed E-state index contributed by atoms with van der Waals surface area (Å²) in [5.41, 5.74) is 10.5. The van der Waals surface area contributed by atoms with Crippen LogP contribution in [0.4, 0.5) is 0 Å². The van der Waals surface area contributed by atoms with Crippen LogP contribution < -0.4 is 11.2 Å². The van der Waals surface area contributed by atoms with E-state index in [0.29, 0.717) is 24.2 Å². The highest BCUT2D eigenvalue weighted by molar-refractivity contribution is 5.93. The number of nitrogens with one attached hydrogen (secondary N) is 1. The van der Waals surface area contributed by atoms with Gasteiger partial charge in [-0.05, 0) is 57.4 Å². The molecule has 2 rings (SSSR count). The van der Waals surface area contributed by atoms with E-state index in [1.807, 2.05) is 24.3 Å². The first kappa shape index (κ1) is 15.0. The number of hydrogen-bond donors (Lipinski definition) is 2. The number of benzene rings is 1. The summed E-state index contributed by atoms with van der Waals surface area (Å²) in [6.45, 7) is 4.97. The molecular formula is C16H25N3O. The predicted molar refractivity (Wildman–Crippen MR) is 81.3 cm³/mol. The van der Waals surface area contributed by atoms with Crippen molar-refractivity contribution in [3.8, 4) is 0 Å². The lowest BCUT2D eigenvalue weighted by Crippen LogP contribution is -2.54. The topological polar surface area (TPSA) is 58.4 Å². The first-order valence-electron chi connectivity index (χ1n) is 7.50. The number of carbonyl (C=O) groups excluding carboxylic acids is 1. The molecule has 1 saturated heterocycles. The van der Waals surface area contributed by atoms with E-state index in [1.54, 1.807) is 0 Å². The predicted octanol–water partition coefficient (Wildman–Crippen LogP) is 2.10. The Bertz CT molecular complexity index is 434. The molecule has 1 aromatic carbocycles. The van der Waals surface area contributed by atoms with E-state index >= 15 is 0 Å². The van der Waals surface area contributed by atoms with E-state index in [1.165, 1.54) is 12.0 Å². The zero-order valence-electron chi connectivity index (χ0n) is 12.4. The van der Waals surface area contributed by atoms with Crippen molar-refractivity contribution in [2.45, 2.75) is 51.6 Å². The van der Waals surface area contributed by atoms with Crippen LogP contribution in [-0.4, -0.2) is 29.5 Å². The van der Waals surface area contributed by atoms with Crippen LogP contribution in [-0.2, 0) is 6.42 Å². The normalized spacial score (nSPS) is 23.6. The summed E-state index contributed by atoms with van der Waals surface area (Å²) in [6, 6.07) is 8.51. The second-order valence-electron chi connectivity index (χ2n) is 5.71. The van der Waals surface area contributed by atoms with Gasteiger partial charge in [0.1, 0.15) is 0 Å². The van der Waals surface area contributed by atoms with Crippen molar-refractivity contribution in [1.29, 1.82) is 0 Å². The van der Waals surface area contributed by atoms with Crippen molar-refractivity contribution < 1.29 is 4.79 Å².